The van der Waals surface area contributed by atoms with E-state index in [1.165, 1.54) is 11.1 Å². The van der Waals surface area contributed by atoms with Crippen LogP contribution < -0.4 is 5.32 Å². The van der Waals surface area contributed by atoms with Crippen molar-refractivity contribution in [2.45, 2.75) is 39.7 Å². The number of Topliss-reactive ketones (excluding diaryl/α,β-unsaturated/α-hetero) is 1. The van der Waals surface area contributed by atoms with Gasteiger partial charge in [-0.15, -0.1) is 0 Å². The lowest BCUT2D eigenvalue weighted by atomic mass is 9.97. The number of ketones is 1. The van der Waals surface area contributed by atoms with Gasteiger partial charge in [0.1, 0.15) is 5.78 Å². The summed E-state index contributed by atoms with van der Waals surface area (Å²) in [5.74, 6) is 0.585. The van der Waals surface area contributed by atoms with Crippen molar-refractivity contribution in [3.05, 3.63) is 35.4 Å². The molecule has 0 aromatic heterocycles. The van der Waals surface area contributed by atoms with E-state index in [0.29, 0.717) is 12.2 Å². The fraction of sp³-hybridized carbons (Fsp3) is 0.533. The largest absolute Gasteiger partial charge is 0.316 e. The molecule has 2 heteroatoms. The van der Waals surface area contributed by atoms with Crippen molar-refractivity contribution in [3.8, 4) is 0 Å². The average molecular weight is 233 g/mol. The summed E-state index contributed by atoms with van der Waals surface area (Å²) in [6.07, 6.45) is 2.47. The molecule has 0 saturated carbocycles. The van der Waals surface area contributed by atoms with Crippen molar-refractivity contribution in [1.29, 1.82) is 0 Å². The van der Waals surface area contributed by atoms with Crippen molar-refractivity contribution in [2.75, 3.05) is 7.05 Å². The zero-order chi connectivity index (χ0) is 12.7. The molecule has 1 aromatic rings. The first-order valence-corrected chi connectivity index (χ1v) is 6.42. The van der Waals surface area contributed by atoms with E-state index < -0.39 is 0 Å². The normalized spacial score (nSPS) is 12.4. The second-order valence-corrected chi connectivity index (χ2v) is 4.63. The molecular formula is C15H23NO. The minimum atomic E-state index is 0.204. The highest BCUT2D eigenvalue weighted by molar-refractivity contribution is 5.80. The number of benzene rings is 1. The van der Waals surface area contributed by atoms with Crippen LogP contribution in [-0.2, 0) is 17.8 Å². The summed E-state index contributed by atoms with van der Waals surface area (Å²) in [6.45, 7) is 4.96. The topological polar surface area (TPSA) is 29.1 Å². The van der Waals surface area contributed by atoms with Gasteiger partial charge < -0.3 is 5.32 Å². The fourth-order valence-electron chi connectivity index (χ4n) is 1.84. The van der Waals surface area contributed by atoms with Crippen LogP contribution >= 0.6 is 0 Å². The molecule has 1 rings (SSSR count). The Morgan fingerprint density at radius 2 is 2.06 bits per heavy atom. The first-order valence-electron chi connectivity index (χ1n) is 6.42. The van der Waals surface area contributed by atoms with Crippen molar-refractivity contribution < 1.29 is 4.79 Å². The smallest absolute Gasteiger partial charge is 0.136 e. The van der Waals surface area contributed by atoms with Crippen LogP contribution in [0.2, 0.25) is 0 Å². The van der Waals surface area contributed by atoms with Gasteiger partial charge in [0.25, 0.3) is 0 Å². The summed E-state index contributed by atoms with van der Waals surface area (Å²) in [5.41, 5.74) is 2.54. The van der Waals surface area contributed by atoms with E-state index in [1.807, 2.05) is 14.0 Å². The SMILES string of the molecule is CCC(C)C(=O)CCc1cccc(CNC)c1. The second kappa shape index (κ2) is 7.23. The molecule has 0 aliphatic rings. The van der Waals surface area contributed by atoms with Crippen LogP contribution in [0.25, 0.3) is 0 Å². The van der Waals surface area contributed by atoms with Gasteiger partial charge >= 0.3 is 0 Å². The summed E-state index contributed by atoms with van der Waals surface area (Å²) in [5, 5.41) is 3.14. The third kappa shape index (κ3) is 4.70. The van der Waals surface area contributed by atoms with Gasteiger partial charge in [0, 0.05) is 18.9 Å². The molecule has 1 N–H and O–H groups in total. The van der Waals surface area contributed by atoms with Gasteiger partial charge in [-0.1, -0.05) is 38.1 Å². The van der Waals surface area contributed by atoms with Gasteiger partial charge in [-0.2, -0.15) is 0 Å². The predicted molar refractivity (Wildman–Crippen MR) is 72.0 cm³/mol. The van der Waals surface area contributed by atoms with E-state index in [9.17, 15) is 4.79 Å². The summed E-state index contributed by atoms with van der Waals surface area (Å²) in [4.78, 5) is 11.7. The number of rotatable bonds is 7. The summed E-state index contributed by atoms with van der Waals surface area (Å²) < 4.78 is 0. The van der Waals surface area contributed by atoms with E-state index in [1.54, 1.807) is 0 Å². The molecule has 1 aromatic carbocycles. The van der Waals surface area contributed by atoms with Gasteiger partial charge in [0.15, 0.2) is 0 Å². The standard InChI is InChI=1S/C15H23NO/c1-4-12(2)15(17)9-8-13-6-5-7-14(10-13)11-16-3/h5-7,10,12,16H,4,8-9,11H2,1-3H3. The quantitative estimate of drug-likeness (QED) is 0.784. The summed E-state index contributed by atoms with van der Waals surface area (Å²) >= 11 is 0. The van der Waals surface area contributed by atoms with E-state index in [2.05, 4.69) is 36.5 Å². The van der Waals surface area contributed by atoms with E-state index >= 15 is 0 Å². The van der Waals surface area contributed by atoms with Crippen LogP contribution in [0.1, 0.15) is 37.8 Å². The Hall–Kier alpha value is -1.15. The molecule has 0 heterocycles. The molecule has 0 amide bonds. The molecule has 1 atom stereocenters. The van der Waals surface area contributed by atoms with Gasteiger partial charge in [0.2, 0.25) is 0 Å². The number of hydrogen-bond donors (Lipinski definition) is 1. The Morgan fingerprint density at radius 1 is 1.35 bits per heavy atom. The van der Waals surface area contributed by atoms with Gasteiger partial charge in [0.05, 0.1) is 0 Å². The van der Waals surface area contributed by atoms with Gasteiger partial charge in [-0.25, -0.2) is 0 Å². The number of hydrogen-bond acceptors (Lipinski definition) is 2. The van der Waals surface area contributed by atoms with Crippen LogP contribution in [0.3, 0.4) is 0 Å². The first-order chi connectivity index (χ1) is 8.17. The Balaban J connectivity index is 2.51. The Labute approximate surface area is 104 Å². The van der Waals surface area contributed by atoms with Crippen LogP contribution in [0.15, 0.2) is 24.3 Å². The molecule has 1 unspecified atom stereocenters. The van der Waals surface area contributed by atoms with Gasteiger partial charge in [-0.05, 0) is 31.0 Å². The zero-order valence-electron chi connectivity index (χ0n) is 11.1. The van der Waals surface area contributed by atoms with Crippen molar-refractivity contribution in [2.24, 2.45) is 5.92 Å². The van der Waals surface area contributed by atoms with E-state index in [-0.39, 0.29) is 5.92 Å². The summed E-state index contributed by atoms with van der Waals surface area (Å²) in [7, 11) is 1.94. The molecule has 0 spiro atoms. The number of nitrogens with one attached hydrogen (secondary N) is 1. The maximum atomic E-state index is 11.7. The fourth-order valence-corrected chi connectivity index (χ4v) is 1.84. The van der Waals surface area contributed by atoms with Crippen molar-refractivity contribution >= 4 is 5.78 Å². The maximum absolute atomic E-state index is 11.7. The molecule has 17 heavy (non-hydrogen) atoms. The maximum Gasteiger partial charge on any atom is 0.136 e. The Bertz CT molecular complexity index is 360. The van der Waals surface area contributed by atoms with Crippen LogP contribution in [0, 0.1) is 5.92 Å². The third-order valence-electron chi connectivity index (χ3n) is 3.19. The van der Waals surface area contributed by atoms with Crippen molar-refractivity contribution in [1.82, 2.24) is 5.32 Å². The molecule has 94 valence electrons. The minimum absolute atomic E-state index is 0.204. The average Bonchev–Trinajstić information content (AvgIpc) is 2.36. The predicted octanol–water partition coefficient (Wildman–Crippen LogP) is 2.95. The van der Waals surface area contributed by atoms with E-state index in [0.717, 1.165) is 19.4 Å². The lowest BCUT2D eigenvalue weighted by molar-refractivity contribution is -0.122. The Kier molecular flexibility index (Phi) is 5.92. The van der Waals surface area contributed by atoms with Crippen LogP contribution in [0.5, 0.6) is 0 Å². The monoisotopic (exact) mass is 233 g/mol. The van der Waals surface area contributed by atoms with Crippen LogP contribution in [0.4, 0.5) is 0 Å². The van der Waals surface area contributed by atoms with Gasteiger partial charge in [-0.3, -0.25) is 4.79 Å². The number of carbonyl (C=O) groups excluding carboxylic acids is 1. The second-order valence-electron chi connectivity index (χ2n) is 4.63. The third-order valence-corrected chi connectivity index (χ3v) is 3.19. The number of carbonyl (C=O) groups is 1. The highest BCUT2D eigenvalue weighted by Gasteiger charge is 2.10. The minimum Gasteiger partial charge on any atom is -0.316 e. The number of aryl methyl sites for hydroxylation is 1. The highest BCUT2D eigenvalue weighted by Crippen LogP contribution is 2.11. The molecule has 0 radical (unpaired) electrons. The molecule has 0 aliphatic heterocycles. The highest BCUT2D eigenvalue weighted by atomic mass is 16.1. The lowest BCUT2D eigenvalue weighted by Gasteiger charge is -2.08. The molecular weight excluding hydrogens is 210 g/mol. The molecule has 0 aliphatic carbocycles. The van der Waals surface area contributed by atoms with E-state index in [4.69, 9.17) is 0 Å². The first kappa shape index (κ1) is 13.9. The molecule has 0 fully saturated rings. The Morgan fingerprint density at radius 3 is 2.71 bits per heavy atom. The van der Waals surface area contributed by atoms with Crippen LogP contribution in [-0.4, -0.2) is 12.8 Å². The summed E-state index contributed by atoms with van der Waals surface area (Å²) in [6, 6.07) is 8.45. The molecule has 2 nitrogen and oxygen atoms in total. The lowest BCUT2D eigenvalue weighted by Crippen LogP contribution is -2.11. The molecule has 0 saturated heterocycles. The molecule has 0 bridgehead atoms. The zero-order valence-corrected chi connectivity index (χ0v) is 11.1. The van der Waals surface area contributed by atoms with Crippen molar-refractivity contribution in [3.63, 3.8) is 0 Å².